The van der Waals surface area contributed by atoms with Crippen LogP contribution in [-0.4, -0.2) is 30.3 Å². The van der Waals surface area contributed by atoms with Crippen LogP contribution in [0.15, 0.2) is 60.7 Å². The molecule has 1 saturated heterocycles. The van der Waals surface area contributed by atoms with E-state index in [0.29, 0.717) is 6.42 Å². The maximum atomic E-state index is 12.5. The molecule has 2 aromatic rings. The topological polar surface area (TPSA) is 77.2 Å². The number of esters is 1. The van der Waals surface area contributed by atoms with Crippen LogP contribution in [0.2, 0.25) is 0 Å². The number of rotatable bonds is 6. The molecule has 4 rings (SSSR count). The fraction of sp³-hybridized carbons (Fsp3) is 0.333. The van der Waals surface area contributed by atoms with Crippen molar-refractivity contribution in [1.82, 2.24) is 5.32 Å². The molecule has 27 heavy (non-hydrogen) atoms. The van der Waals surface area contributed by atoms with Gasteiger partial charge in [0.2, 0.25) is 0 Å². The lowest BCUT2D eigenvalue weighted by molar-refractivity contribution is -0.151. The predicted octanol–water partition coefficient (Wildman–Crippen LogP) is 2.81. The van der Waals surface area contributed by atoms with Crippen LogP contribution in [0.1, 0.15) is 17.5 Å². The number of fused-ring (bicyclic) bond motifs is 1. The number of hydrogen-bond donors (Lipinski definition) is 1. The molecule has 1 aliphatic carbocycles. The minimum Gasteiger partial charge on any atom is -0.461 e. The maximum absolute atomic E-state index is 12.5. The molecule has 6 heteroatoms. The third-order valence-electron chi connectivity index (χ3n) is 4.92. The summed E-state index contributed by atoms with van der Waals surface area (Å²) >= 11 is 0. The van der Waals surface area contributed by atoms with Gasteiger partial charge in [-0.15, -0.1) is 0 Å². The van der Waals surface area contributed by atoms with Gasteiger partial charge in [-0.3, -0.25) is 4.79 Å². The number of carbonyl (C=O) groups is 2. The Kier molecular flexibility index (Phi) is 5.07. The summed E-state index contributed by atoms with van der Waals surface area (Å²) in [5.74, 6) is -0.732. The molecule has 6 nitrogen and oxygen atoms in total. The Morgan fingerprint density at radius 1 is 0.926 bits per heavy atom. The van der Waals surface area contributed by atoms with E-state index in [1.165, 1.54) is 0 Å². The third-order valence-corrected chi connectivity index (χ3v) is 4.92. The van der Waals surface area contributed by atoms with Gasteiger partial charge in [-0.1, -0.05) is 60.7 Å². The summed E-state index contributed by atoms with van der Waals surface area (Å²) in [6.07, 6.45) is -0.120. The highest BCUT2D eigenvalue weighted by atomic mass is 16.6. The van der Waals surface area contributed by atoms with Crippen LogP contribution in [-0.2, 0) is 32.2 Å². The molecule has 1 amide bonds. The quantitative estimate of drug-likeness (QED) is 0.628. The van der Waals surface area contributed by atoms with Crippen LogP contribution >= 0.6 is 0 Å². The van der Waals surface area contributed by atoms with Crippen LogP contribution in [0, 0.1) is 5.92 Å². The second-order valence-corrected chi connectivity index (χ2v) is 6.81. The Bertz CT molecular complexity index is 795. The molecule has 0 radical (unpaired) electrons. The average molecular weight is 367 g/mol. The van der Waals surface area contributed by atoms with Crippen molar-refractivity contribution >= 4 is 12.1 Å². The summed E-state index contributed by atoms with van der Waals surface area (Å²) in [5.41, 5.74) is 1.83. The van der Waals surface area contributed by atoms with Crippen molar-refractivity contribution in [3.8, 4) is 0 Å². The van der Waals surface area contributed by atoms with Crippen molar-refractivity contribution in [2.45, 2.75) is 37.9 Å². The lowest BCUT2D eigenvalue weighted by Crippen LogP contribution is -2.45. The minimum atomic E-state index is -0.555. The lowest BCUT2D eigenvalue weighted by atomic mass is 10.0. The fourth-order valence-electron chi connectivity index (χ4n) is 3.45. The Labute approximate surface area is 157 Å². The first-order chi connectivity index (χ1) is 13.2. The molecule has 1 aliphatic heterocycles. The van der Waals surface area contributed by atoms with Crippen molar-refractivity contribution in [1.29, 1.82) is 0 Å². The molecule has 0 unspecified atom stereocenters. The zero-order chi connectivity index (χ0) is 18.6. The molecule has 2 aliphatic rings. The van der Waals surface area contributed by atoms with E-state index in [1.807, 2.05) is 60.7 Å². The predicted molar refractivity (Wildman–Crippen MR) is 96.6 cm³/mol. The van der Waals surface area contributed by atoms with Crippen LogP contribution in [0.25, 0.3) is 0 Å². The summed E-state index contributed by atoms with van der Waals surface area (Å²) in [6.45, 7) is 0.398. The normalized spacial score (nSPS) is 25.3. The van der Waals surface area contributed by atoms with E-state index in [-0.39, 0.29) is 31.4 Å². The summed E-state index contributed by atoms with van der Waals surface area (Å²) < 4.78 is 16.2. The van der Waals surface area contributed by atoms with Gasteiger partial charge < -0.3 is 19.5 Å². The smallest absolute Gasteiger partial charge is 0.407 e. The second-order valence-electron chi connectivity index (χ2n) is 6.81. The molecule has 0 aromatic heterocycles. The van der Waals surface area contributed by atoms with E-state index in [9.17, 15) is 9.59 Å². The molecule has 2 fully saturated rings. The van der Waals surface area contributed by atoms with E-state index in [2.05, 4.69) is 5.32 Å². The number of hydrogen-bond acceptors (Lipinski definition) is 5. The molecule has 4 atom stereocenters. The largest absolute Gasteiger partial charge is 0.461 e. The molecular formula is C21H21NO5. The van der Waals surface area contributed by atoms with Crippen molar-refractivity contribution in [3.63, 3.8) is 0 Å². The maximum Gasteiger partial charge on any atom is 0.407 e. The van der Waals surface area contributed by atoms with E-state index in [4.69, 9.17) is 14.2 Å². The zero-order valence-electron chi connectivity index (χ0n) is 14.7. The van der Waals surface area contributed by atoms with Gasteiger partial charge in [0.1, 0.15) is 19.3 Å². The first-order valence-corrected chi connectivity index (χ1v) is 9.04. The van der Waals surface area contributed by atoms with Crippen molar-refractivity contribution in [2.24, 2.45) is 5.92 Å². The molecule has 2 aromatic carbocycles. The fourth-order valence-corrected chi connectivity index (χ4v) is 3.45. The van der Waals surface area contributed by atoms with Gasteiger partial charge in [0.05, 0.1) is 18.1 Å². The van der Waals surface area contributed by atoms with E-state index in [1.54, 1.807) is 0 Å². The minimum absolute atomic E-state index is 0.0127. The Balaban J connectivity index is 1.29. The standard InChI is InChI=1S/C21H21NO5/c23-20(25-12-14-7-3-1-4-8-14)16-11-17-19(27-17)18(16)22-21(24)26-13-15-9-5-2-6-10-15/h1-10,16-19H,11-13H2,(H,22,24)/t16-,17+,18-,19+/m1/s1. The molecule has 1 saturated carbocycles. The lowest BCUT2D eigenvalue weighted by Gasteiger charge is -2.21. The zero-order valence-corrected chi connectivity index (χ0v) is 14.7. The highest BCUT2D eigenvalue weighted by Crippen LogP contribution is 2.43. The van der Waals surface area contributed by atoms with Crippen molar-refractivity contribution in [2.75, 3.05) is 0 Å². The van der Waals surface area contributed by atoms with Gasteiger partial charge in [0, 0.05) is 0 Å². The first-order valence-electron chi connectivity index (χ1n) is 9.04. The monoisotopic (exact) mass is 367 g/mol. The number of amides is 1. The summed E-state index contributed by atoms with van der Waals surface area (Å²) in [6, 6.07) is 18.5. The first kappa shape index (κ1) is 17.5. The van der Waals surface area contributed by atoms with Gasteiger partial charge in [-0.25, -0.2) is 4.79 Å². The van der Waals surface area contributed by atoms with Gasteiger partial charge in [0.25, 0.3) is 0 Å². The van der Waals surface area contributed by atoms with Crippen LogP contribution in [0.4, 0.5) is 4.79 Å². The summed E-state index contributed by atoms with van der Waals surface area (Å²) in [4.78, 5) is 24.6. The van der Waals surface area contributed by atoms with E-state index >= 15 is 0 Å². The van der Waals surface area contributed by atoms with E-state index in [0.717, 1.165) is 11.1 Å². The molecule has 1 heterocycles. The van der Waals surface area contributed by atoms with E-state index < -0.39 is 18.1 Å². The van der Waals surface area contributed by atoms with Gasteiger partial charge in [-0.2, -0.15) is 0 Å². The van der Waals surface area contributed by atoms with Gasteiger partial charge >= 0.3 is 12.1 Å². The average Bonchev–Trinajstić information content (AvgIpc) is 3.40. The number of ether oxygens (including phenoxy) is 3. The van der Waals surface area contributed by atoms with Gasteiger partial charge in [0.15, 0.2) is 0 Å². The highest BCUT2D eigenvalue weighted by Gasteiger charge is 2.59. The Hall–Kier alpha value is -2.86. The SMILES string of the molecule is O=C(N[C@H]1[C@H]2O[C@H]2C[C@H]1C(=O)OCc1ccccc1)OCc1ccccc1. The second kappa shape index (κ2) is 7.80. The third kappa shape index (κ3) is 4.28. The molecule has 1 N–H and O–H groups in total. The Morgan fingerprint density at radius 2 is 1.52 bits per heavy atom. The Morgan fingerprint density at radius 3 is 2.15 bits per heavy atom. The van der Waals surface area contributed by atoms with Crippen LogP contribution in [0.3, 0.4) is 0 Å². The molecule has 0 spiro atoms. The van der Waals surface area contributed by atoms with Crippen molar-refractivity contribution in [3.05, 3.63) is 71.8 Å². The highest BCUT2D eigenvalue weighted by molar-refractivity contribution is 5.76. The summed E-state index contributed by atoms with van der Waals surface area (Å²) in [5, 5.41) is 2.78. The summed E-state index contributed by atoms with van der Waals surface area (Å²) in [7, 11) is 0. The number of carbonyl (C=O) groups excluding carboxylic acids is 2. The number of nitrogens with one attached hydrogen (secondary N) is 1. The number of alkyl carbamates (subject to hydrolysis) is 1. The van der Waals surface area contributed by atoms with Crippen LogP contribution in [0.5, 0.6) is 0 Å². The molecule has 0 bridgehead atoms. The van der Waals surface area contributed by atoms with Crippen molar-refractivity contribution < 1.29 is 23.8 Å². The van der Waals surface area contributed by atoms with Gasteiger partial charge in [-0.05, 0) is 17.5 Å². The number of epoxide rings is 1. The van der Waals surface area contributed by atoms with Crippen LogP contribution < -0.4 is 5.32 Å². The molecular weight excluding hydrogens is 346 g/mol. The number of benzene rings is 2. The molecule has 140 valence electrons.